The van der Waals surface area contributed by atoms with Gasteiger partial charge in [-0.15, -0.1) is 0 Å². The molecule has 1 nitrogen and oxygen atoms in total. The molecule has 0 N–H and O–H groups in total. The Hall–Kier alpha value is -1.81. The van der Waals surface area contributed by atoms with Gasteiger partial charge < -0.3 is 0 Å². The van der Waals surface area contributed by atoms with Crippen LogP contribution in [0.25, 0.3) is 0 Å². The molecule has 0 unspecified atom stereocenters. The summed E-state index contributed by atoms with van der Waals surface area (Å²) in [6, 6.07) is 8.98. The lowest BCUT2D eigenvalue weighted by atomic mass is 10.00. The van der Waals surface area contributed by atoms with E-state index in [4.69, 9.17) is 11.6 Å². The number of hydrogen-bond acceptors (Lipinski definition) is 1. The van der Waals surface area contributed by atoms with Gasteiger partial charge in [0.1, 0.15) is 0 Å². The molecule has 2 aromatic rings. The lowest BCUT2D eigenvalue weighted by Gasteiger charge is -2.08. The van der Waals surface area contributed by atoms with Crippen molar-refractivity contribution < 1.29 is 18.0 Å². The number of alkyl halides is 3. The SMILES string of the molecule is Cc1cc(C(=O)c2cccc(C(F)(F)F)c2)ccc1Cl. The topological polar surface area (TPSA) is 17.1 Å². The van der Waals surface area contributed by atoms with Gasteiger partial charge in [0.15, 0.2) is 5.78 Å². The molecule has 0 radical (unpaired) electrons. The molecular formula is C15H10ClF3O. The summed E-state index contributed by atoms with van der Waals surface area (Å²) in [6.45, 7) is 1.73. The fourth-order valence-corrected chi connectivity index (χ4v) is 1.91. The third kappa shape index (κ3) is 3.02. The zero-order valence-electron chi connectivity index (χ0n) is 10.5. The van der Waals surface area contributed by atoms with Gasteiger partial charge in [0.05, 0.1) is 5.56 Å². The van der Waals surface area contributed by atoms with Gasteiger partial charge in [0.25, 0.3) is 0 Å². The van der Waals surface area contributed by atoms with Crippen molar-refractivity contribution in [1.29, 1.82) is 0 Å². The predicted molar refractivity (Wildman–Crippen MR) is 71.1 cm³/mol. The Bertz CT molecular complexity index is 662. The highest BCUT2D eigenvalue weighted by molar-refractivity contribution is 6.31. The highest BCUT2D eigenvalue weighted by atomic mass is 35.5. The van der Waals surface area contributed by atoms with Crippen LogP contribution in [0.5, 0.6) is 0 Å². The Labute approximate surface area is 119 Å². The maximum atomic E-state index is 12.6. The van der Waals surface area contributed by atoms with Crippen LogP contribution in [-0.2, 0) is 6.18 Å². The van der Waals surface area contributed by atoms with Gasteiger partial charge in [-0.1, -0.05) is 23.7 Å². The van der Waals surface area contributed by atoms with E-state index < -0.39 is 17.5 Å². The average molecular weight is 299 g/mol. The van der Waals surface area contributed by atoms with Gasteiger partial charge in [-0.25, -0.2) is 0 Å². The first-order chi connectivity index (χ1) is 9.29. The highest BCUT2D eigenvalue weighted by Gasteiger charge is 2.30. The number of aryl methyl sites for hydroxylation is 1. The van der Waals surface area contributed by atoms with Crippen molar-refractivity contribution >= 4 is 17.4 Å². The first kappa shape index (κ1) is 14.6. The van der Waals surface area contributed by atoms with Crippen LogP contribution in [0.1, 0.15) is 27.0 Å². The zero-order valence-corrected chi connectivity index (χ0v) is 11.2. The summed E-state index contributed by atoms with van der Waals surface area (Å²) in [5, 5.41) is 0.505. The molecule has 0 aliphatic carbocycles. The van der Waals surface area contributed by atoms with E-state index in [0.717, 1.165) is 12.1 Å². The molecule has 0 fully saturated rings. The average Bonchev–Trinajstić information content (AvgIpc) is 2.40. The number of carbonyl (C=O) groups is 1. The smallest absolute Gasteiger partial charge is 0.289 e. The largest absolute Gasteiger partial charge is 0.416 e. The molecular weight excluding hydrogens is 289 g/mol. The van der Waals surface area contributed by atoms with Crippen LogP contribution in [0, 0.1) is 6.92 Å². The van der Waals surface area contributed by atoms with E-state index in [9.17, 15) is 18.0 Å². The second-order valence-electron chi connectivity index (χ2n) is 4.37. The molecule has 5 heteroatoms. The minimum absolute atomic E-state index is 0.00143. The molecule has 20 heavy (non-hydrogen) atoms. The Morgan fingerprint density at radius 1 is 1.05 bits per heavy atom. The van der Waals surface area contributed by atoms with Crippen LogP contribution in [0.3, 0.4) is 0 Å². The third-order valence-corrected chi connectivity index (χ3v) is 3.30. The molecule has 0 aliphatic rings. The Morgan fingerprint density at radius 3 is 2.30 bits per heavy atom. The van der Waals surface area contributed by atoms with Crippen LogP contribution >= 0.6 is 11.6 Å². The lowest BCUT2D eigenvalue weighted by Crippen LogP contribution is -2.08. The van der Waals surface area contributed by atoms with Crippen molar-refractivity contribution in [1.82, 2.24) is 0 Å². The zero-order chi connectivity index (χ0) is 14.9. The van der Waals surface area contributed by atoms with E-state index in [1.807, 2.05) is 0 Å². The Balaban J connectivity index is 2.41. The van der Waals surface area contributed by atoms with Gasteiger partial charge >= 0.3 is 6.18 Å². The van der Waals surface area contributed by atoms with E-state index in [1.54, 1.807) is 19.1 Å². The minimum Gasteiger partial charge on any atom is -0.289 e. The van der Waals surface area contributed by atoms with E-state index >= 15 is 0 Å². The fourth-order valence-electron chi connectivity index (χ4n) is 1.79. The van der Waals surface area contributed by atoms with Crippen molar-refractivity contribution in [3.8, 4) is 0 Å². The maximum absolute atomic E-state index is 12.6. The molecule has 0 amide bonds. The van der Waals surface area contributed by atoms with Crippen LogP contribution < -0.4 is 0 Å². The standard InChI is InChI=1S/C15H10ClF3O/c1-9-7-11(5-6-13(9)16)14(20)10-3-2-4-12(8-10)15(17,18)19/h2-8H,1H3. The number of ketones is 1. The number of carbonyl (C=O) groups excluding carboxylic acids is 1. The van der Waals surface area contributed by atoms with Gasteiger partial charge in [-0.3, -0.25) is 4.79 Å². The Kier molecular flexibility index (Phi) is 3.86. The molecule has 104 valence electrons. The van der Waals surface area contributed by atoms with Crippen molar-refractivity contribution in [3.05, 3.63) is 69.7 Å². The molecule has 0 heterocycles. The molecule has 0 atom stereocenters. The highest BCUT2D eigenvalue weighted by Crippen LogP contribution is 2.30. The summed E-state index contributed by atoms with van der Waals surface area (Å²) in [5.41, 5.74) is 0.173. The summed E-state index contributed by atoms with van der Waals surface area (Å²) in [5.74, 6) is -0.462. The van der Waals surface area contributed by atoms with Crippen LogP contribution in [0.15, 0.2) is 42.5 Å². The van der Waals surface area contributed by atoms with Crippen LogP contribution in [-0.4, -0.2) is 5.78 Å². The van der Waals surface area contributed by atoms with Crippen molar-refractivity contribution in [2.45, 2.75) is 13.1 Å². The number of benzene rings is 2. The Morgan fingerprint density at radius 2 is 1.70 bits per heavy atom. The monoisotopic (exact) mass is 298 g/mol. The summed E-state index contributed by atoms with van der Waals surface area (Å²) in [4.78, 5) is 12.2. The van der Waals surface area contributed by atoms with Crippen molar-refractivity contribution in [3.63, 3.8) is 0 Å². The summed E-state index contributed by atoms with van der Waals surface area (Å²) in [6.07, 6.45) is -4.47. The van der Waals surface area contributed by atoms with E-state index in [0.29, 0.717) is 16.1 Å². The van der Waals surface area contributed by atoms with Crippen LogP contribution in [0.2, 0.25) is 5.02 Å². The second-order valence-corrected chi connectivity index (χ2v) is 4.78. The van der Waals surface area contributed by atoms with Crippen molar-refractivity contribution in [2.24, 2.45) is 0 Å². The number of hydrogen-bond donors (Lipinski definition) is 0. The lowest BCUT2D eigenvalue weighted by molar-refractivity contribution is -0.137. The normalized spacial score (nSPS) is 11.4. The molecule has 0 aromatic heterocycles. The minimum atomic E-state index is -4.47. The second kappa shape index (κ2) is 5.29. The quantitative estimate of drug-likeness (QED) is 0.721. The molecule has 2 aromatic carbocycles. The molecule has 0 saturated carbocycles. The van der Waals surface area contributed by atoms with E-state index in [1.165, 1.54) is 18.2 Å². The van der Waals surface area contributed by atoms with Crippen LogP contribution in [0.4, 0.5) is 13.2 Å². The van der Waals surface area contributed by atoms with Gasteiger partial charge in [0, 0.05) is 16.1 Å². The molecule has 0 saturated heterocycles. The molecule has 2 rings (SSSR count). The summed E-state index contributed by atoms with van der Waals surface area (Å²) in [7, 11) is 0. The first-order valence-electron chi connectivity index (χ1n) is 5.77. The fraction of sp³-hybridized carbons (Fsp3) is 0.133. The van der Waals surface area contributed by atoms with E-state index in [2.05, 4.69) is 0 Å². The first-order valence-corrected chi connectivity index (χ1v) is 6.15. The molecule has 0 bridgehead atoms. The summed E-state index contributed by atoms with van der Waals surface area (Å²) < 4.78 is 37.9. The number of halogens is 4. The maximum Gasteiger partial charge on any atom is 0.416 e. The molecule has 0 spiro atoms. The predicted octanol–water partition coefficient (Wildman–Crippen LogP) is 4.90. The van der Waals surface area contributed by atoms with Gasteiger partial charge in [-0.2, -0.15) is 13.2 Å². The van der Waals surface area contributed by atoms with E-state index in [-0.39, 0.29) is 5.56 Å². The molecule has 0 aliphatic heterocycles. The van der Waals surface area contributed by atoms with Crippen molar-refractivity contribution in [2.75, 3.05) is 0 Å². The third-order valence-electron chi connectivity index (χ3n) is 2.87. The van der Waals surface area contributed by atoms with Gasteiger partial charge in [-0.05, 0) is 42.8 Å². The summed E-state index contributed by atoms with van der Waals surface area (Å²) >= 11 is 5.86. The van der Waals surface area contributed by atoms with Gasteiger partial charge in [0.2, 0.25) is 0 Å². The number of rotatable bonds is 2.